The highest BCUT2D eigenvalue weighted by Crippen LogP contribution is 2.43. The van der Waals surface area contributed by atoms with Gasteiger partial charge in [0.15, 0.2) is 23.0 Å². The van der Waals surface area contributed by atoms with E-state index in [1.807, 2.05) is 18.2 Å². The van der Waals surface area contributed by atoms with E-state index in [4.69, 9.17) is 24.7 Å². The third-order valence-electron chi connectivity index (χ3n) is 9.38. The first kappa shape index (κ1) is 36.5. The quantitative estimate of drug-likeness (QED) is 0.0908. The maximum atomic E-state index is 11.0. The lowest BCUT2D eigenvalue weighted by Crippen LogP contribution is -2.50. The summed E-state index contributed by atoms with van der Waals surface area (Å²) in [5.41, 5.74) is 8.78. The number of aryl methyl sites for hydroxylation is 1. The van der Waals surface area contributed by atoms with E-state index in [0.29, 0.717) is 68.1 Å². The van der Waals surface area contributed by atoms with Crippen molar-refractivity contribution < 1.29 is 39.4 Å². The highest BCUT2D eigenvalue weighted by atomic mass is 16.5. The molecule has 2 aliphatic rings. The first-order valence-electron chi connectivity index (χ1n) is 17.2. The smallest absolute Gasteiger partial charge is 0.200 e. The number of nitrogen functional groups attached to an aromatic ring is 1. The zero-order chi connectivity index (χ0) is 34.9. The van der Waals surface area contributed by atoms with E-state index in [1.165, 1.54) is 7.11 Å². The molecule has 2 fully saturated rings. The van der Waals surface area contributed by atoms with Crippen molar-refractivity contribution in [1.82, 2.24) is 15.6 Å². The highest BCUT2D eigenvalue weighted by molar-refractivity contribution is 5.53. The molecule has 0 amide bonds. The fourth-order valence-corrected chi connectivity index (χ4v) is 6.78. The summed E-state index contributed by atoms with van der Waals surface area (Å²) in [7, 11) is 1.50. The Morgan fingerprint density at radius 1 is 1.04 bits per heavy atom. The minimum Gasteiger partial charge on any atom is -0.504 e. The molecular weight excluding hydrogens is 628 g/mol. The van der Waals surface area contributed by atoms with Crippen molar-refractivity contribution in [2.24, 2.45) is 5.92 Å². The van der Waals surface area contributed by atoms with Crippen LogP contribution in [-0.4, -0.2) is 82.8 Å². The van der Waals surface area contributed by atoms with Gasteiger partial charge >= 0.3 is 0 Å². The molecule has 0 aliphatic carbocycles. The fraction of sp³-hybridized carbons (Fsp3) is 0.541. The number of phenolic OH excluding ortho intramolecular Hbond substituents is 2. The molecule has 7 unspecified atom stereocenters. The summed E-state index contributed by atoms with van der Waals surface area (Å²) in [5, 5.41) is 48.2. The van der Waals surface area contributed by atoms with Crippen molar-refractivity contribution in [1.29, 1.82) is 0 Å². The Kier molecular flexibility index (Phi) is 12.8. The number of hydrogen-bond donors (Lipinski definition) is 7. The molecule has 1 aromatic heterocycles. The summed E-state index contributed by atoms with van der Waals surface area (Å²) < 4.78 is 24.0. The molecule has 8 N–H and O–H groups in total. The molecule has 12 heteroatoms. The number of benzene rings is 2. The standard InChI is InChI=1S/C37H52N4O8/c1-22-4-7-26(12-25-10-11-40-36(38)14-25)30(41-22)20-47-35-16-27(15-34(46-3)37(35)45)32-18-28(43)17-29(49-32)8-5-24-6-9-31(44)33(13-24)48-21-39-19-23(2)42/h6,9-11,13-16,22-23,26,28-30,32,39,41-45H,4-5,7-8,12,17-21H2,1-3H3,(H2,38,40). The van der Waals surface area contributed by atoms with Crippen LogP contribution in [0.2, 0.25) is 0 Å². The van der Waals surface area contributed by atoms with Crippen molar-refractivity contribution in [3.05, 3.63) is 65.4 Å². The monoisotopic (exact) mass is 680 g/mol. The van der Waals surface area contributed by atoms with Gasteiger partial charge in [0.05, 0.1) is 31.5 Å². The van der Waals surface area contributed by atoms with Crippen molar-refractivity contribution in [2.75, 3.05) is 32.7 Å². The number of methoxy groups -OCH3 is 1. The number of phenols is 2. The molecule has 5 rings (SSSR count). The zero-order valence-electron chi connectivity index (χ0n) is 28.7. The number of hydrogen-bond acceptors (Lipinski definition) is 12. The maximum Gasteiger partial charge on any atom is 0.200 e. The molecule has 2 aliphatic heterocycles. The molecule has 12 nitrogen and oxygen atoms in total. The molecule has 0 bridgehead atoms. The van der Waals surface area contributed by atoms with Crippen LogP contribution < -0.4 is 30.6 Å². The molecule has 0 spiro atoms. The Hall–Kier alpha value is -3.81. The molecule has 7 atom stereocenters. The summed E-state index contributed by atoms with van der Waals surface area (Å²) in [4.78, 5) is 4.12. The van der Waals surface area contributed by atoms with Gasteiger partial charge in [-0.3, -0.25) is 5.32 Å². The second kappa shape index (κ2) is 17.2. The van der Waals surface area contributed by atoms with Crippen molar-refractivity contribution >= 4 is 5.82 Å². The van der Waals surface area contributed by atoms with Gasteiger partial charge in [0.25, 0.3) is 0 Å². The number of nitrogens with two attached hydrogens (primary N) is 1. The lowest BCUT2D eigenvalue weighted by atomic mass is 9.84. The van der Waals surface area contributed by atoms with Crippen LogP contribution in [0.3, 0.4) is 0 Å². The van der Waals surface area contributed by atoms with E-state index in [0.717, 1.165) is 36.0 Å². The number of aliphatic hydroxyl groups is 2. The van der Waals surface area contributed by atoms with Crippen LogP contribution in [0.1, 0.15) is 68.7 Å². The molecule has 3 heterocycles. The van der Waals surface area contributed by atoms with Crippen LogP contribution in [0.15, 0.2) is 48.7 Å². The van der Waals surface area contributed by atoms with Gasteiger partial charge in [0, 0.05) is 31.2 Å². The van der Waals surface area contributed by atoms with Crippen LogP contribution in [-0.2, 0) is 17.6 Å². The largest absolute Gasteiger partial charge is 0.504 e. The van der Waals surface area contributed by atoms with Gasteiger partial charge < -0.3 is 50.4 Å². The predicted octanol–water partition coefficient (Wildman–Crippen LogP) is 3.98. The number of nitrogens with one attached hydrogen (secondary N) is 2. The summed E-state index contributed by atoms with van der Waals surface area (Å²) in [5.74, 6) is 1.72. The lowest BCUT2D eigenvalue weighted by Gasteiger charge is -2.36. The highest BCUT2D eigenvalue weighted by Gasteiger charge is 2.32. The number of nitrogens with zero attached hydrogens (tertiary/aromatic N) is 1. The van der Waals surface area contributed by atoms with E-state index in [2.05, 4.69) is 22.5 Å². The number of aliphatic hydroxyl groups excluding tert-OH is 2. The molecular formula is C37H52N4O8. The summed E-state index contributed by atoms with van der Waals surface area (Å²) in [6, 6.07) is 13.1. The van der Waals surface area contributed by atoms with Gasteiger partial charge in [-0.15, -0.1) is 0 Å². The van der Waals surface area contributed by atoms with E-state index >= 15 is 0 Å². The van der Waals surface area contributed by atoms with Crippen molar-refractivity contribution in [3.63, 3.8) is 0 Å². The van der Waals surface area contributed by atoms with Gasteiger partial charge in [-0.1, -0.05) is 6.07 Å². The van der Waals surface area contributed by atoms with E-state index < -0.39 is 18.3 Å². The molecule has 0 radical (unpaired) electrons. The SMILES string of the molecule is COc1cc(C2CC(O)CC(CCc3ccc(O)c(OCNCC(C)O)c3)O2)cc(OCC2NC(C)CCC2Cc2ccnc(N)c2)c1O. The van der Waals surface area contributed by atoms with Gasteiger partial charge in [-0.25, -0.2) is 4.98 Å². The minimum absolute atomic E-state index is 0.0366. The number of aromatic hydroxyl groups is 2. The Morgan fingerprint density at radius 2 is 1.86 bits per heavy atom. The number of ether oxygens (including phenoxy) is 4. The molecule has 2 aromatic carbocycles. The molecule has 0 saturated carbocycles. The van der Waals surface area contributed by atoms with Gasteiger partial charge in [-0.05, 0) is 111 Å². The van der Waals surface area contributed by atoms with Crippen LogP contribution in [0.25, 0.3) is 0 Å². The third kappa shape index (κ3) is 10.3. The third-order valence-corrected chi connectivity index (χ3v) is 9.38. The van der Waals surface area contributed by atoms with E-state index in [1.54, 1.807) is 37.4 Å². The lowest BCUT2D eigenvalue weighted by molar-refractivity contribution is -0.0999. The van der Waals surface area contributed by atoms with Crippen molar-refractivity contribution in [3.8, 4) is 28.7 Å². The van der Waals surface area contributed by atoms with E-state index in [9.17, 15) is 20.4 Å². The second-order valence-electron chi connectivity index (χ2n) is 13.5. The summed E-state index contributed by atoms with van der Waals surface area (Å²) in [6.45, 7) is 4.73. The molecule has 3 aromatic rings. The fourth-order valence-electron chi connectivity index (χ4n) is 6.78. The average Bonchev–Trinajstić information content (AvgIpc) is 3.07. The summed E-state index contributed by atoms with van der Waals surface area (Å²) >= 11 is 0. The Morgan fingerprint density at radius 3 is 2.63 bits per heavy atom. The average molecular weight is 681 g/mol. The minimum atomic E-state index is -0.567. The number of piperidine rings is 1. The topological polar surface area (TPSA) is 181 Å². The van der Waals surface area contributed by atoms with Gasteiger partial charge in [0.2, 0.25) is 5.75 Å². The zero-order valence-corrected chi connectivity index (χ0v) is 28.7. The molecule has 268 valence electrons. The van der Waals surface area contributed by atoms with Crippen LogP contribution in [0.4, 0.5) is 5.82 Å². The van der Waals surface area contributed by atoms with Crippen LogP contribution >= 0.6 is 0 Å². The van der Waals surface area contributed by atoms with Crippen LogP contribution in [0.5, 0.6) is 28.7 Å². The summed E-state index contributed by atoms with van der Waals surface area (Å²) in [6.07, 6.45) is 5.14. The molecule has 49 heavy (non-hydrogen) atoms. The Labute approximate surface area is 288 Å². The number of anilines is 1. The predicted molar refractivity (Wildman–Crippen MR) is 186 cm³/mol. The number of pyridine rings is 1. The first-order valence-corrected chi connectivity index (χ1v) is 17.2. The maximum absolute atomic E-state index is 11.0. The van der Waals surface area contributed by atoms with Gasteiger partial charge in [-0.2, -0.15) is 0 Å². The van der Waals surface area contributed by atoms with Crippen molar-refractivity contribution in [2.45, 2.75) is 95.3 Å². The first-order chi connectivity index (χ1) is 23.6. The number of aromatic nitrogens is 1. The normalized spacial score (nSPS) is 24.7. The molecule has 2 saturated heterocycles. The van der Waals surface area contributed by atoms with Crippen LogP contribution in [0, 0.1) is 5.92 Å². The second-order valence-corrected chi connectivity index (χ2v) is 13.5. The van der Waals surface area contributed by atoms with E-state index in [-0.39, 0.29) is 36.1 Å². The van der Waals surface area contributed by atoms with Gasteiger partial charge in [0.1, 0.15) is 19.2 Å². The number of rotatable bonds is 15. The Balaban J connectivity index is 1.23. The Bertz CT molecular complexity index is 1510.